The fourth-order valence-electron chi connectivity index (χ4n) is 1.59. The van der Waals surface area contributed by atoms with Gasteiger partial charge in [-0.05, 0) is 32.6 Å². The van der Waals surface area contributed by atoms with Gasteiger partial charge < -0.3 is 15.2 Å². The van der Waals surface area contributed by atoms with E-state index in [2.05, 4.69) is 0 Å². The molecule has 1 aliphatic carbocycles. The highest BCUT2D eigenvalue weighted by atomic mass is 16.5. The van der Waals surface area contributed by atoms with Gasteiger partial charge in [0.2, 0.25) is 0 Å². The number of nitrogens with two attached hydrogens (primary N) is 1. The average Bonchev–Trinajstić information content (AvgIpc) is 2.16. The minimum absolute atomic E-state index is 0.204. The van der Waals surface area contributed by atoms with Crippen LogP contribution in [0.15, 0.2) is 0 Å². The summed E-state index contributed by atoms with van der Waals surface area (Å²) in [7, 11) is 1.71. The highest BCUT2D eigenvalue weighted by Gasteiger charge is 2.19. The lowest BCUT2D eigenvalue weighted by Crippen LogP contribution is -2.31. The summed E-state index contributed by atoms with van der Waals surface area (Å²) in [5, 5.41) is 0. The second kappa shape index (κ2) is 5.58. The molecule has 13 heavy (non-hydrogen) atoms. The van der Waals surface area contributed by atoms with Crippen molar-refractivity contribution in [3.05, 3.63) is 0 Å². The first-order chi connectivity index (χ1) is 6.22. The fourth-order valence-corrected chi connectivity index (χ4v) is 1.59. The van der Waals surface area contributed by atoms with E-state index < -0.39 is 0 Å². The molecule has 0 aliphatic heterocycles. The Morgan fingerprint density at radius 2 is 1.92 bits per heavy atom. The Balaban J connectivity index is 2.08. The van der Waals surface area contributed by atoms with Crippen molar-refractivity contribution in [1.82, 2.24) is 0 Å². The van der Waals surface area contributed by atoms with E-state index in [4.69, 9.17) is 15.2 Å². The molecule has 1 unspecified atom stereocenters. The van der Waals surface area contributed by atoms with Crippen molar-refractivity contribution < 1.29 is 9.47 Å². The van der Waals surface area contributed by atoms with Gasteiger partial charge in [0.25, 0.3) is 0 Å². The van der Waals surface area contributed by atoms with E-state index in [0.717, 1.165) is 25.7 Å². The van der Waals surface area contributed by atoms with E-state index in [9.17, 15) is 0 Å². The lowest BCUT2D eigenvalue weighted by molar-refractivity contribution is -0.0335. The lowest BCUT2D eigenvalue weighted by Gasteiger charge is -2.27. The van der Waals surface area contributed by atoms with Gasteiger partial charge >= 0.3 is 0 Å². The molecule has 0 aromatic heterocycles. The normalized spacial score (nSPS) is 31.6. The van der Waals surface area contributed by atoms with Gasteiger partial charge in [-0.2, -0.15) is 0 Å². The molecule has 0 spiro atoms. The molecule has 1 rings (SSSR count). The summed E-state index contributed by atoms with van der Waals surface area (Å²) in [6.07, 6.45) is 5.04. The first kappa shape index (κ1) is 11.0. The molecule has 1 aliphatic rings. The number of hydrogen-bond donors (Lipinski definition) is 1. The van der Waals surface area contributed by atoms with Gasteiger partial charge in [-0.15, -0.1) is 0 Å². The first-order valence-electron chi connectivity index (χ1n) is 5.12. The van der Waals surface area contributed by atoms with Crippen LogP contribution in [0.2, 0.25) is 0 Å². The van der Waals surface area contributed by atoms with Gasteiger partial charge in [-0.25, -0.2) is 0 Å². The molecule has 3 heteroatoms. The third-order valence-electron chi connectivity index (χ3n) is 2.69. The van der Waals surface area contributed by atoms with E-state index in [0.29, 0.717) is 18.8 Å². The van der Waals surface area contributed by atoms with E-state index >= 15 is 0 Å². The van der Waals surface area contributed by atoms with Crippen molar-refractivity contribution in [2.75, 3.05) is 13.7 Å². The lowest BCUT2D eigenvalue weighted by atomic mass is 9.94. The van der Waals surface area contributed by atoms with Crippen molar-refractivity contribution in [2.45, 2.75) is 50.9 Å². The van der Waals surface area contributed by atoms with Crippen molar-refractivity contribution in [1.29, 1.82) is 0 Å². The van der Waals surface area contributed by atoms with E-state index in [-0.39, 0.29) is 6.10 Å². The summed E-state index contributed by atoms with van der Waals surface area (Å²) >= 11 is 0. The van der Waals surface area contributed by atoms with E-state index in [1.807, 2.05) is 6.92 Å². The summed E-state index contributed by atoms with van der Waals surface area (Å²) in [4.78, 5) is 0. The molecule has 0 heterocycles. The Morgan fingerprint density at radius 3 is 2.46 bits per heavy atom. The molecule has 0 radical (unpaired) electrons. The minimum atomic E-state index is 0.204. The Bertz CT molecular complexity index is 133. The number of rotatable bonds is 4. The summed E-state index contributed by atoms with van der Waals surface area (Å²) in [6, 6.07) is 0.402. The zero-order chi connectivity index (χ0) is 9.68. The smallest absolute Gasteiger partial charge is 0.0776 e. The number of methoxy groups -OCH3 is 1. The molecular formula is C10H21NO2. The van der Waals surface area contributed by atoms with Crippen LogP contribution in [-0.2, 0) is 9.47 Å². The first-order valence-corrected chi connectivity index (χ1v) is 5.12. The summed E-state index contributed by atoms with van der Waals surface area (Å²) in [5.74, 6) is 0. The molecule has 2 N–H and O–H groups in total. The topological polar surface area (TPSA) is 44.5 Å². The van der Waals surface area contributed by atoms with Crippen molar-refractivity contribution >= 4 is 0 Å². The molecule has 3 nitrogen and oxygen atoms in total. The van der Waals surface area contributed by atoms with Gasteiger partial charge in [0.05, 0.1) is 18.8 Å². The summed E-state index contributed by atoms with van der Waals surface area (Å²) in [6.45, 7) is 2.73. The Morgan fingerprint density at radius 1 is 1.31 bits per heavy atom. The summed E-state index contributed by atoms with van der Waals surface area (Å²) < 4.78 is 10.8. The predicted molar refractivity (Wildman–Crippen MR) is 52.7 cm³/mol. The van der Waals surface area contributed by atoms with Gasteiger partial charge in [0.15, 0.2) is 0 Å². The van der Waals surface area contributed by atoms with Crippen LogP contribution in [-0.4, -0.2) is 32.0 Å². The fraction of sp³-hybridized carbons (Fsp3) is 1.00. The van der Waals surface area contributed by atoms with Crippen molar-refractivity contribution in [3.63, 3.8) is 0 Å². The van der Waals surface area contributed by atoms with Gasteiger partial charge in [-0.3, -0.25) is 0 Å². The molecule has 1 fully saturated rings. The number of hydrogen-bond acceptors (Lipinski definition) is 3. The van der Waals surface area contributed by atoms with Crippen molar-refractivity contribution in [2.24, 2.45) is 5.73 Å². The maximum Gasteiger partial charge on any atom is 0.0776 e. The van der Waals surface area contributed by atoms with Crippen LogP contribution in [0.1, 0.15) is 32.6 Å². The zero-order valence-corrected chi connectivity index (χ0v) is 8.66. The molecule has 0 saturated heterocycles. The second-order valence-corrected chi connectivity index (χ2v) is 3.92. The Hall–Kier alpha value is -0.120. The second-order valence-electron chi connectivity index (χ2n) is 3.92. The minimum Gasteiger partial charge on any atom is -0.379 e. The third kappa shape index (κ3) is 4.07. The Labute approximate surface area is 80.6 Å². The van der Waals surface area contributed by atoms with Gasteiger partial charge in [-0.1, -0.05) is 0 Å². The quantitative estimate of drug-likeness (QED) is 0.721. The molecule has 0 aromatic rings. The van der Waals surface area contributed by atoms with Crippen LogP contribution in [0.5, 0.6) is 0 Å². The third-order valence-corrected chi connectivity index (χ3v) is 2.69. The largest absolute Gasteiger partial charge is 0.379 e. The van der Waals surface area contributed by atoms with Crippen molar-refractivity contribution in [3.8, 4) is 0 Å². The molecule has 1 saturated carbocycles. The standard InChI is InChI=1S/C10H21NO2/c1-8(12-2)7-13-10-5-3-9(11)4-6-10/h8-10H,3-7,11H2,1-2H3. The van der Waals surface area contributed by atoms with E-state index in [1.165, 1.54) is 0 Å². The van der Waals surface area contributed by atoms with Crippen LogP contribution in [0.3, 0.4) is 0 Å². The Kier molecular flexibility index (Phi) is 4.70. The highest BCUT2D eigenvalue weighted by Crippen LogP contribution is 2.19. The predicted octanol–water partition coefficient (Wildman–Crippen LogP) is 1.31. The van der Waals surface area contributed by atoms with Crippen LogP contribution >= 0.6 is 0 Å². The van der Waals surface area contributed by atoms with Crippen LogP contribution in [0.4, 0.5) is 0 Å². The zero-order valence-electron chi connectivity index (χ0n) is 8.66. The molecule has 0 amide bonds. The maximum atomic E-state index is 5.80. The van der Waals surface area contributed by atoms with Crippen LogP contribution < -0.4 is 5.73 Å². The van der Waals surface area contributed by atoms with Crippen LogP contribution in [0, 0.1) is 0 Å². The van der Waals surface area contributed by atoms with Gasteiger partial charge in [0.1, 0.15) is 0 Å². The maximum absolute atomic E-state index is 5.80. The molecular weight excluding hydrogens is 166 g/mol. The molecule has 0 bridgehead atoms. The molecule has 1 atom stereocenters. The van der Waals surface area contributed by atoms with Gasteiger partial charge in [0, 0.05) is 13.2 Å². The summed E-state index contributed by atoms with van der Waals surface area (Å²) in [5.41, 5.74) is 5.80. The van der Waals surface area contributed by atoms with E-state index in [1.54, 1.807) is 7.11 Å². The average molecular weight is 187 g/mol. The highest BCUT2D eigenvalue weighted by molar-refractivity contribution is 4.74. The molecule has 0 aromatic carbocycles. The number of ether oxygens (including phenoxy) is 2. The SMILES string of the molecule is COC(C)COC1CCC(N)CC1. The molecule has 78 valence electrons. The van der Waals surface area contributed by atoms with Crippen LogP contribution in [0.25, 0.3) is 0 Å². The monoisotopic (exact) mass is 187 g/mol.